The summed E-state index contributed by atoms with van der Waals surface area (Å²) in [7, 11) is 3.71. The van der Waals surface area contributed by atoms with Gasteiger partial charge in [0.25, 0.3) is 0 Å². The third-order valence-electron chi connectivity index (χ3n) is 4.03. The zero-order chi connectivity index (χ0) is 15.0. The smallest absolute Gasteiger partial charge is 0.150 e. The van der Waals surface area contributed by atoms with Crippen molar-refractivity contribution in [3.05, 3.63) is 53.7 Å². The third-order valence-corrected chi connectivity index (χ3v) is 4.03. The minimum absolute atomic E-state index is 0.651. The number of fused-ring (bicyclic) bond motifs is 1. The molecule has 0 N–H and O–H groups in total. The lowest BCUT2D eigenvalue weighted by atomic mass is 9.99. The number of aryl methyl sites for hydroxylation is 1. The zero-order valence-corrected chi connectivity index (χ0v) is 12.4. The third kappa shape index (κ3) is 2.02. The van der Waals surface area contributed by atoms with Crippen LogP contribution in [-0.2, 0) is 7.05 Å². The second kappa shape index (κ2) is 5.09. The first-order chi connectivity index (χ1) is 10.2. The standard InChI is InChI=1S/C18H17NO2/c1-12-18(14-6-4-5-7-16(14)19(12)2)15-10-13(11-20)8-9-17(15)21-3/h4-11H,1-3H3. The molecule has 106 valence electrons. The number of carbonyl (C=O) groups is 1. The van der Waals surface area contributed by atoms with E-state index >= 15 is 0 Å². The Morgan fingerprint density at radius 2 is 1.90 bits per heavy atom. The number of para-hydroxylation sites is 1. The summed E-state index contributed by atoms with van der Waals surface area (Å²) in [6.07, 6.45) is 0.864. The van der Waals surface area contributed by atoms with Gasteiger partial charge < -0.3 is 9.30 Å². The van der Waals surface area contributed by atoms with E-state index in [-0.39, 0.29) is 0 Å². The van der Waals surface area contributed by atoms with E-state index < -0.39 is 0 Å². The highest BCUT2D eigenvalue weighted by atomic mass is 16.5. The number of ether oxygens (including phenoxy) is 1. The first-order valence-corrected chi connectivity index (χ1v) is 6.85. The fourth-order valence-corrected chi connectivity index (χ4v) is 2.86. The molecule has 0 unspecified atom stereocenters. The molecule has 3 nitrogen and oxygen atoms in total. The fourth-order valence-electron chi connectivity index (χ4n) is 2.86. The van der Waals surface area contributed by atoms with E-state index in [4.69, 9.17) is 4.74 Å². The zero-order valence-electron chi connectivity index (χ0n) is 12.4. The van der Waals surface area contributed by atoms with Crippen molar-refractivity contribution >= 4 is 17.2 Å². The number of methoxy groups -OCH3 is 1. The summed E-state index contributed by atoms with van der Waals surface area (Å²) < 4.78 is 7.65. The van der Waals surface area contributed by atoms with Crippen molar-refractivity contribution in [2.24, 2.45) is 7.05 Å². The van der Waals surface area contributed by atoms with Gasteiger partial charge in [-0.3, -0.25) is 4.79 Å². The number of hydrogen-bond acceptors (Lipinski definition) is 2. The Kier molecular flexibility index (Phi) is 3.26. The van der Waals surface area contributed by atoms with E-state index in [2.05, 4.69) is 30.7 Å². The topological polar surface area (TPSA) is 31.2 Å². The van der Waals surface area contributed by atoms with Crippen LogP contribution in [0.5, 0.6) is 5.75 Å². The molecule has 3 rings (SSSR count). The molecule has 0 amide bonds. The Labute approximate surface area is 123 Å². The maximum Gasteiger partial charge on any atom is 0.150 e. The van der Waals surface area contributed by atoms with Crippen LogP contribution in [0, 0.1) is 6.92 Å². The summed E-state index contributed by atoms with van der Waals surface area (Å²) in [4.78, 5) is 11.1. The first kappa shape index (κ1) is 13.4. The van der Waals surface area contributed by atoms with Crippen LogP contribution in [0.3, 0.4) is 0 Å². The van der Waals surface area contributed by atoms with E-state index in [9.17, 15) is 4.79 Å². The summed E-state index contributed by atoms with van der Waals surface area (Å²) in [5.74, 6) is 0.778. The molecule has 0 bridgehead atoms. The average Bonchev–Trinajstić information content (AvgIpc) is 2.78. The average molecular weight is 279 g/mol. The maximum absolute atomic E-state index is 11.1. The summed E-state index contributed by atoms with van der Waals surface area (Å²) in [6, 6.07) is 13.8. The summed E-state index contributed by atoms with van der Waals surface area (Å²) in [6.45, 7) is 2.09. The van der Waals surface area contributed by atoms with Gasteiger partial charge in [0.15, 0.2) is 0 Å². The number of carbonyl (C=O) groups excluding carboxylic acids is 1. The molecule has 0 aliphatic heterocycles. The van der Waals surface area contributed by atoms with E-state index in [0.29, 0.717) is 5.56 Å². The maximum atomic E-state index is 11.1. The molecule has 0 radical (unpaired) electrons. The lowest BCUT2D eigenvalue weighted by Gasteiger charge is -2.10. The van der Waals surface area contributed by atoms with Gasteiger partial charge in [0, 0.05) is 40.3 Å². The summed E-state index contributed by atoms with van der Waals surface area (Å²) >= 11 is 0. The van der Waals surface area contributed by atoms with Crippen molar-refractivity contribution < 1.29 is 9.53 Å². The van der Waals surface area contributed by atoms with E-state index in [1.54, 1.807) is 13.2 Å². The van der Waals surface area contributed by atoms with Crippen molar-refractivity contribution in [3.8, 4) is 16.9 Å². The van der Waals surface area contributed by atoms with E-state index in [1.165, 1.54) is 10.9 Å². The number of nitrogens with zero attached hydrogens (tertiary/aromatic N) is 1. The number of benzene rings is 2. The van der Waals surface area contributed by atoms with Crippen LogP contribution < -0.4 is 4.74 Å². The van der Waals surface area contributed by atoms with Crippen molar-refractivity contribution in [2.45, 2.75) is 6.92 Å². The molecule has 0 aliphatic rings. The number of rotatable bonds is 3. The summed E-state index contributed by atoms with van der Waals surface area (Å²) in [5, 5.41) is 1.17. The quantitative estimate of drug-likeness (QED) is 0.679. The number of hydrogen-bond donors (Lipinski definition) is 0. The molecule has 0 fully saturated rings. The minimum Gasteiger partial charge on any atom is -0.496 e. The Hall–Kier alpha value is -2.55. The Morgan fingerprint density at radius 1 is 1.14 bits per heavy atom. The molecular weight excluding hydrogens is 262 g/mol. The van der Waals surface area contributed by atoms with Gasteiger partial charge in [0.05, 0.1) is 7.11 Å². The lowest BCUT2D eigenvalue weighted by molar-refractivity contribution is 0.112. The van der Waals surface area contributed by atoms with Crippen LogP contribution >= 0.6 is 0 Å². The molecule has 0 spiro atoms. The molecule has 0 aliphatic carbocycles. The largest absolute Gasteiger partial charge is 0.496 e. The second-order valence-electron chi connectivity index (χ2n) is 5.11. The normalized spacial score (nSPS) is 10.8. The Balaban J connectivity index is 2.40. The molecular formula is C18H17NO2. The molecule has 21 heavy (non-hydrogen) atoms. The van der Waals surface area contributed by atoms with Gasteiger partial charge in [-0.15, -0.1) is 0 Å². The highest BCUT2D eigenvalue weighted by Gasteiger charge is 2.17. The predicted octanol–water partition coefficient (Wildman–Crippen LogP) is 3.97. The van der Waals surface area contributed by atoms with Crippen molar-refractivity contribution in [2.75, 3.05) is 7.11 Å². The Morgan fingerprint density at radius 3 is 2.62 bits per heavy atom. The van der Waals surface area contributed by atoms with Gasteiger partial charge in [-0.2, -0.15) is 0 Å². The molecule has 0 saturated carbocycles. The van der Waals surface area contributed by atoms with E-state index in [0.717, 1.165) is 28.9 Å². The van der Waals surface area contributed by atoms with Crippen LogP contribution in [0.1, 0.15) is 16.1 Å². The molecule has 3 heteroatoms. The van der Waals surface area contributed by atoms with Crippen molar-refractivity contribution in [1.82, 2.24) is 4.57 Å². The van der Waals surface area contributed by atoms with Crippen molar-refractivity contribution in [1.29, 1.82) is 0 Å². The number of aldehydes is 1. The fraction of sp³-hybridized carbons (Fsp3) is 0.167. The molecule has 1 heterocycles. The van der Waals surface area contributed by atoms with Gasteiger partial charge in [0.2, 0.25) is 0 Å². The van der Waals surface area contributed by atoms with Crippen LogP contribution in [0.25, 0.3) is 22.0 Å². The molecule has 0 saturated heterocycles. The summed E-state index contributed by atoms with van der Waals surface area (Å²) in [5.41, 5.74) is 5.05. The van der Waals surface area contributed by atoms with Crippen molar-refractivity contribution in [3.63, 3.8) is 0 Å². The predicted molar refractivity (Wildman–Crippen MR) is 85.0 cm³/mol. The van der Waals surface area contributed by atoms with Crippen LogP contribution in [0.15, 0.2) is 42.5 Å². The molecule has 2 aromatic carbocycles. The van der Waals surface area contributed by atoms with Crippen LogP contribution in [-0.4, -0.2) is 18.0 Å². The van der Waals surface area contributed by atoms with Gasteiger partial charge >= 0.3 is 0 Å². The second-order valence-corrected chi connectivity index (χ2v) is 5.11. The Bertz CT molecular complexity index is 831. The lowest BCUT2D eigenvalue weighted by Crippen LogP contribution is -1.93. The molecule has 3 aromatic rings. The van der Waals surface area contributed by atoms with Gasteiger partial charge in [-0.1, -0.05) is 18.2 Å². The van der Waals surface area contributed by atoms with Gasteiger partial charge in [0.1, 0.15) is 12.0 Å². The number of aromatic nitrogens is 1. The highest BCUT2D eigenvalue weighted by molar-refractivity contribution is 6.00. The van der Waals surface area contributed by atoms with E-state index in [1.807, 2.05) is 24.3 Å². The highest BCUT2D eigenvalue weighted by Crippen LogP contribution is 2.39. The van der Waals surface area contributed by atoms with Crippen LogP contribution in [0.4, 0.5) is 0 Å². The van der Waals surface area contributed by atoms with Crippen LogP contribution in [0.2, 0.25) is 0 Å². The molecule has 0 atom stereocenters. The monoisotopic (exact) mass is 279 g/mol. The molecule has 1 aromatic heterocycles. The SMILES string of the molecule is COc1ccc(C=O)cc1-c1c(C)n(C)c2ccccc12. The minimum atomic E-state index is 0.651. The van der Waals surface area contributed by atoms with Gasteiger partial charge in [-0.05, 0) is 31.2 Å². The first-order valence-electron chi connectivity index (χ1n) is 6.85. The van der Waals surface area contributed by atoms with Gasteiger partial charge in [-0.25, -0.2) is 0 Å².